The summed E-state index contributed by atoms with van der Waals surface area (Å²) < 4.78 is 2.07. The molecule has 0 aliphatic carbocycles. The zero-order chi connectivity index (χ0) is 9.68. The van der Waals surface area contributed by atoms with E-state index in [0.717, 1.165) is 19.4 Å². The molecule has 2 atom stereocenters. The third-order valence-corrected chi connectivity index (χ3v) is 2.07. The standard InChI is InChI=1S/C10H16N3/c1-4-5-6-12-10-8-13(3)7-9(10)11-2/h2,7,9-10H,4-5,8H2,1,3H3/q+3. The molecule has 1 rings (SSSR count). The summed E-state index contributed by atoms with van der Waals surface area (Å²) in [5, 5.41) is 0. The first kappa shape index (κ1) is 9.74. The first-order valence-corrected chi connectivity index (χ1v) is 4.66. The molecule has 2 unspecified atom stereocenters. The Kier molecular flexibility index (Phi) is 3.46. The predicted octanol–water partition coefficient (Wildman–Crippen LogP) is 1.55. The summed E-state index contributed by atoms with van der Waals surface area (Å²) in [6.07, 6.45) is 4.00. The van der Waals surface area contributed by atoms with E-state index in [9.17, 15) is 0 Å². The van der Waals surface area contributed by atoms with E-state index in [1.807, 2.05) is 13.3 Å². The van der Waals surface area contributed by atoms with Crippen LogP contribution >= 0.6 is 0 Å². The lowest BCUT2D eigenvalue weighted by atomic mass is 10.2. The van der Waals surface area contributed by atoms with Gasteiger partial charge in [0.15, 0.2) is 0 Å². The van der Waals surface area contributed by atoms with Crippen LogP contribution in [0.5, 0.6) is 0 Å². The van der Waals surface area contributed by atoms with Crippen LogP contribution in [-0.2, 0) is 0 Å². The van der Waals surface area contributed by atoms with Crippen molar-refractivity contribution in [1.29, 1.82) is 0 Å². The Morgan fingerprint density at radius 2 is 2.46 bits per heavy atom. The minimum Gasteiger partial charge on any atom is -0.227 e. The minimum absolute atomic E-state index is 0.0364. The number of hydrogen-bond acceptors (Lipinski definition) is 0. The van der Waals surface area contributed by atoms with Crippen LogP contribution in [0.15, 0.2) is 0 Å². The van der Waals surface area contributed by atoms with Gasteiger partial charge in [-0.25, -0.2) is 4.58 Å². The van der Waals surface area contributed by atoms with Gasteiger partial charge in [0.2, 0.25) is 12.8 Å². The first-order valence-electron chi connectivity index (χ1n) is 4.66. The highest BCUT2D eigenvalue weighted by Gasteiger charge is 2.48. The van der Waals surface area contributed by atoms with Gasteiger partial charge in [0.25, 0.3) is 12.6 Å². The van der Waals surface area contributed by atoms with Crippen molar-refractivity contribution >= 4 is 6.21 Å². The average Bonchev–Trinajstić information content (AvgIpc) is 2.47. The van der Waals surface area contributed by atoms with Gasteiger partial charge in [0, 0.05) is 0 Å². The molecular formula is C10H16N3+3. The lowest BCUT2D eigenvalue weighted by molar-refractivity contribution is -0.484. The lowest BCUT2D eigenvalue weighted by Crippen LogP contribution is -2.18. The summed E-state index contributed by atoms with van der Waals surface area (Å²) in [4.78, 5) is 8.09. The predicted molar refractivity (Wildman–Crippen MR) is 55.2 cm³/mol. The first-order chi connectivity index (χ1) is 6.27. The maximum absolute atomic E-state index is 5.27. The summed E-state index contributed by atoms with van der Waals surface area (Å²) in [7, 11) is 2.01. The maximum atomic E-state index is 5.27. The van der Waals surface area contributed by atoms with Crippen molar-refractivity contribution in [3.63, 3.8) is 0 Å². The molecule has 1 aliphatic rings. The molecule has 0 spiro atoms. The highest BCUT2D eigenvalue weighted by atomic mass is 15.1. The summed E-state index contributed by atoms with van der Waals surface area (Å²) in [6, 6.07) is 3.23. The van der Waals surface area contributed by atoms with E-state index in [1.54, 1.807) is 0 Å². The third kappa shape index (κ3) is 2.56. The number of hydrogen-bond donors (Lipinski definition) is 0. The Morgan fingerprint density at radius 1 is 1.69 bits per heavy atom. The van der Waals surface area contributed by atoms with Crippen LogP contribution in [0.2, 0.25) is 0 Å². The molecule has 0 saturated heterocycles. The van der Waals surface area contributed by atoms with Crippen LogP contribution in [0.25, 0.3) is 9.69 Å². The van der Waals surface area contributed by atoms with Crippen LogP contribution in [-0.4, -0.2) is 36.5 Å². The van der Waals surface area contributed by atoms with Gasteiger partial charge in [-0.15, -0.1) is 0 Å². The molecule has 0 bridgehead atoms. The van der Waals surface area contributed by atoms with Crippen molar-refractivity contribution in [3.05, 3.63) is 9.69 Å². The van der Waals surface area contributed by atoms with Crippen LogP contribution in [0.3, 0.4) is 0 Å². The normalized spacial score (nSPS) is 25.8. The summed E-state index contributed by atoms with van der Waals surface area (Å²) in [6.45, 7) is 8.27. The smallest absolute Gasteiger partial charge is 0.227 e. The van der Waals surface area contributed by atoms with Crippen LogP contribution in [0, 0.1) is 12.6 Å². The zero-order valence-electron chi connectivity index (χ0n) is 8.27. The highest BCUT2D eigenvalue weighted by molar-refractivity contribution is 5.65. The number of nitrogens with zero attached hydrogens (tertiary/aromatic N) is 3. The molecule has 3 heteroatoms. The molecule has 0 amide bonds. The molecule has 0 saturated carbocycles. The molecule has 68 valence electrons. The van der Waals surface area contributed by atoms with Crippen LogP contribution in [0.4, 0.5) is 0 Å². The summed E-state index contributed by atoms with van der Waals surface area (Å²) >= 11 is 0. The van der Waals surface area contributed by atoms with E-state index in [2.05, 4.69) is 27.3 Å². The molecule has 0 aromatic heterocycles. The third-order valence-electron chi connectivity index (χ3n) is 2.07. The quantitative estimate of drug-likeness (QED) is 0.540. The Bertz CT molecular complexity index is 300. The topological polar surface area (TPSA) is 11.7 Å². The SMILES string of the molecule is C#[N+]C1C=[N+](C)CC1[N+]#CCCC. The fraction of sp³-hybridized carbons (Fsp3) is 0.700. The largest absolute Gasteiger partial charge is 0.429 e. The maximum Gasteiger partial charge on any atom is 0.429 e. The summed E-state index contributed by atoms with van der Waals surface area (Å²) in [5.41, 5.74) is 0. The van der Waals surface area contributed by atoms with Crippen molar-refractivity contribution in [1.82, 2.24) is 0 Å². The Balaban J connectivity index is 2.56. The molecule has 13 heavy (non-hydrogen) atoms. The lowest BCUT2D eigenvalue weighted by Gasteiger charge is -1.81. The molecule has 0 fully saturated rings. The van der Waals surface area contributed by atoms with E-state index in [4.69, 9.17) is 6.57 Å². The van der Waals surface area contributed by atoms with Gasteiger partial charge >= 0.3 is 12.1 Å². The Hall–Kier alpha value is -1.35. The van der Waals surface area contributed by atoms with Gasteiger partial charge < -0.3 is 0 Å². The van der Waals surface area contributed by atoms with Crippen LogP contribution in [0.1, 0.15) is 19.8 Å². The molecule has 0 N–H and O–H groups in total. The second kappa shape index (κ2) is 4.62. The molecule has 1 heterocycles. The van der Waals surface area contributed by atoms with Gasteiger partial charge in [0.1, 0.15) is 7.05 Å². The van der Waals surface area contributed by atoms with Crippen molar-refractivity contribution in [3.8, 4) is 12.6 Å². The van der Waals surface area contributed by atoms with Gasteiger partial charge in [-0.3, -0.25) is 0 Å². The fourth-order valence-electron chi connectivity index (χ4n) is 1.37. The van der Waals surface area contributed by atoms with E-state index < -0.39 is 0 Å². The second-order valence-electron chi connectivity index (χ2n) is 3.33. The number of likely N-dealkylation sites (N-methyl/N-ethyl adjacent to an activating group) is 1. The molecule has 0 radical (unpaired) electrons. The molecule has 1 aliphatic heterocycles. The summed E-state index contributed by atoms with van der Waals surface area (Å²) in [5.74, 6) is 0. The van der Waals surface area contributed by atoms with E-state index in [-0.39, 0.29) is 12.1 Å². The van der Waals surface area contributed by atoms with Gasteiger partial charge in [-0.1, -0.05) is 16.6 Å². The van der Waals surface area contributed by atoms with E-state index in [1.165, 1.54) is 0 Å². The van der Waals surface area contributed by atoms with Crippen molar-refractivity contribution in [2.45, 2.75) is 31.8 Å². The van der Waals surface area contributed by atoms with Crippen molar-refractivity contribution in [2.75, 3.05) is 13.6 Å². The van der Waals surface area contributed by atoms with Gasteiger partial charge in [-0.2, -0.15) is 0 Å². The zero-order valence-corrected chi connectivity index (χ0v) is 8.27. The fourth-order valence-corrected chi connectivity index (χ4v) is 1.37. The molecule has 0 aromatic rings. The Labute approximate surface area is 79.3 Å². The van der Waals surface area contributed by atoms with Gasteiger partial charge in [-0.05, 0) is 6.42 Å². The average molecular weight is 178 g/mol. The van der Waals surface area contributed by atoms with Gasteiger partial charge in [0.05, 0.1) is 6.42 Å². The second-order valence-corrected chi connectivity index (χ2v) is 3.33. The highest BCUT2D eigenvalue weighted by Crippen LogP contribution is 2.08. The molecule has 0 aromatic carbocycles. The van der Waals surface area contributed by atoms with Crippen molar-refractivity contribution in [2.24, 2.45) is 0 Å². The number of rotatable bonds is 1. The monoisotopic (exact) mass is 178 g/mol. The van der Waals surface area contributed by atoms with E-state index in [0.29, 0.717) is 0 Å². The number of unbranched alkanes of at least 4 members (excludes halogenated alkanes) is 1. The minimum atomic E-state index is 0.0364. The van der Waals surface area contributed by atoms with Crippen molar-refractivity contribution < 1.29 is 4.58 Å². The Morgan fingerprint density at radius 3 is 3.08 bits per heavy atom. The molecule has 3 nitrogen and oxygen atoms in total. The molecular weight excluding hydrogens is 162 g/mol. The van der Waals surface area contributed by atoms with Crippen LogP contribution < -0.4 is 0 Å². The van der Waals surface area contributed by atoms with E-state index >= 15 is 0 Å².